The summed E-state index contributed by atoms with van der Waals surface area (Å²) in [7, 11) is 1.56. The molecule has 4 rings (SSSR count). The SMILES string of the molecule is COc1ccc(NC(=O)C2CCN(c3cc(C)c4cc(NC(C)=O)ccc4n3)CC2)cc1Cl. The quantitative estimate of drug-likeness (QED) is 0.551. The third-order valence-electron chi connectivity index (χ3n) is 5.93. The van der Waals surface area contributed by atoms with Gasteiger partial charge in [0.05, 0.1) is 17.6 Å². The molecule has 0 saturated carbocycles. The Balaban J connectivity index is 1.41. The number of benzene rings is 2. The zero-order valence-electron chi connectivity index (χ0n) is 18.9. The number of fused-ring (bicyclic) bond motifs is 1. The van der Waals surface area contributed by atoms with Crippen LogP contribution in [0.25, 0.3) is 10.9 Å². The van der Waals surface area contributed by atoms with E-state index in [1.54, 1.807) is 25.3 Å². The van der Waals surface area contributed by atoms with E-state index < -0.39 is 0 Å². The molecule has 0 radical (unpaired) electrons. The van der Waals surface area contributed by atoms with Gasteiger partial charge in [0.25, 0.3) is 0 Å². The van der Waals surface area contributed by atoms with Crippen LogP contribution in [0.5, 0.6) is 5.75 Å². The fourth-order valence-corrected chi connectivity index (χ4v) is 4.44. The molecule has 0 spiro atoms. The third kappa shape index (κ3) is 5.20. The predicted molar refractivity (Wildman–Crippen MR) is 132 cm³/mol. The molecule has 2 aromatic carbocycles. The Kier molecular flexibility index (Phi) is 6.70. The average molecular weight is 467 g/mol. The number of nitrogens with one attached hydrogen (secondary N) is 2. The van der Waals surface area contributed by atoms with E-state index in [4.69, 9.17) is 21.3 Å². The Morgan fingerprint density at radius 2 is 1.76 bits per heavy atom. The second-order valence-electron chi connectivity index (χ2n) is 8.31. The molecule has 172 valence electrons. The Bertz CT molecular complexity index is 1210. The van der Waals surface area contributed by atoms with E-state index in [0.717, 1.165) is 53.9 Å². The number of methoxy groups -OCH3 is 1. The van der Waals surface area contributed by atoms with Gasteiger partial charge in [-0.3, -0.25) is 9.59 Å². The van der Waals surface area contributed by atoms with E-state index in [2.05, 4.69) is 21.6 Å². The van der Waals surface area contributed by atoms with Gasteiger partial charge in [-0.25, -0.2) is 4.98 Å². The van der Waals surface area contributed by atoms with Gasteiger partial charge in [0.1, 0.15) is 11.6 Å². The number of anilines is 3. The largest absolute Gasteiger partial charge is 0.495 e. The summed E-state index contributed by atoms with van der Waals surface area (Å²) in [6.07, 6.45) is 1.49. The number of carbonyl (C=O) groups excluding carboxylic acids is 2. The van der Waals surface area contributed by atoms with E-state index in [1.807, 2.05) is 25.1 Å². The molecule has 8 heteroatoms. The molecule has 1 aliphatic rings. The number of halogens is 1. The molecule has 0 atom stereocenters. The first-order valence-electron chi connectivity index (χ1n) is 10.9. The number of ether oxygens (including phenoxy) is 1. The minimum Gasteiger partial charge on any atom is -0.495 e. The van der Waals surface area contributed by atoms with E-state index in [9.17, 15) is 9.59 Å². The lowest BCUT2D eigenvalue weighted by atomic mass is 9.95. The van der Waals surface area contributed by atoms with Gasteiger partial charge in [0.2, 0.25) is 11.8 Å². The molecule has 0 bridgehead atoms. The summed E-state index contributed by atoms with van der Waals surface area (Å²) in [6.45, 7) is 5.05. The van der Waals surface area contributed by atoms with Gasteiger partial charge < -0.3 is 20.3 Å². The second-order valence-corrected chi connectivity index (χ2v) is 8.72. The van der Waals surface area contributed by atoms with Gasteiger partial charge >= 0.3 is 0 Å². The highest BCUT2D eigenvalue weighted by Crippen LogP contribution is 2.30. The molecule has 7 nitrogen and oxygen atoms in total. The smallest absolute Gasteiger partial charge is 0.227 e. The summed E-state index contributed by atoms with van der Waals surface area (Å²) in [5.74, 6) is 1.33. The summed E-state index contributed by atoms with van der Waals surface area (Å²) in [4.78, 5) is 31.2. The Morgan fingerprint density at radius 3 is 2.42 bits per heavy atom. The molecular weight excluding hydrogens is 440 g/mol. The van der Waals surface area contributed by atoms with Gasteiger partial charge in [0.15, 0.2) is 0 Å². The monoisotopic (exact) mass is 466 g/mol. The highest BCUT2D eigenvalue weighted by atomic mass is 35.5. The molecule has 0 unspecified atom stereocenters. The molecular formula is C25H27ClN4O3. The lowest BCUT2D eigenvalue weighted by molar-refractivity contribution is -0.120. The zero-order chi connectivity index (χ0) is 23.5. The van der Waals surface area contributed by atoms with Gasteiger partial charge in [-0.15, -0.1) is 0 Å². The number of rotatable bonds is 5. The number of pyridine rings is 1. The first kappa shape index (κ1) is 22.9. The molecule has 0 aliphatic carbocycles. The maximum Gasteiger partial charge on any atom is 0.227 e. The summed E-state index contributed by atoms with van der Waals surface area (Å²) < 4.78 is 5.16. The van der Waals surface area contributed by atoms with E-state index in [1.165, 1.54) is 6.92 Å². The molecule has 1 saturated heterocycles. The predicted octanol–water partition coefficient (Wildman–Crippen LogP) is 5.02. The molecule has 33 heavy (non-hydrogen) atoms. The number of aromatic nitrogens is 1. The summed E-state index contributed by atoms with van der Waals surface area (Å²) in [5.41, 5.74) is 3.41. The molecule has 2 N–H and O–H groups in total. The standard InChI is InChI=1S/C25H27ClN4O3/c1-15-12-24(29-22-6-4-18(13-20(15)22)27-16(2)31)30-10-8-17(9-11-30)25(32)28-19-5-7-23(33-3)21(26)14-19/h4-7,12-14,17H,8-11H2,1-3H3,(H,27,31)(H,28,32). The van der Waals surface area contributed by atoms with Crippen molar-refractivity contribution in [3.8, 4) is 5.75 Å². The Labute approximate surface area is 198 Å². The van der Waals surface area contributed by atoms with Crippen LogP contribution in [-0.4, -0.2) is 37.0 Å². The van der Waals surface area contributed by atoms with Crippen molar-refractivity contribution in [2.24, 2.45) is 5.92 Å². The molecule has 2 amide bonds. The first-order chi connectivity index (χ1) is 15.8. The molecule has 3 aromatic rings. The first-order valence-corrected chi connectivity index (χ1v) is 11.3. The zero-order valence-corrected chi connectivity index (χ0v) is 19.7. The van der Waals surface area contributed by atoms with Crippen LogP contribution in [0, 0.1) is 12.8 Å². The van der Waals surface area contributed by atoms with Crippen molar-refractivity contribution in [3.63, 3.8) is 0 Å². The van der Waals surface area contributed by atoms with Gasteiger partial charge in [-0.1, -0.05) is 11.6 Å². The van der Waals surface area contributed by atoms with Crippen molar-refractivity contribution in [2.75, 3.05) is 35.7 Å². The van der Waals surface area contributed by atoms with E-state index >= 15 is 0 Å². The van der Waals surface area contributed by atoms with Crippen molar-refractivity contribution in [1.29, 1.82) is 0 Å². The number of amides is 2. The Morgan fingerprint density at radius 1 is 1.06 bits per heavy atom. The minimum absolute atomic E-state index is 0.00374. The number of aryl methyl sites for hydroxylation is 1. The van der Waals surface area contributed by atoms with Crippen molar-refractivity contribution < 1.29 is 14.3 Å². The van der Waals surface area contributed by atoms with Gasteiger partial charge in [-0.05, 0) is 67.8 Å². The number of nitrogens with zero attached hydrogens (tertiary/aromatic N) is 2. The molecule has 1 aliphatic heterocycles. The minimum atomic E-state index is -0.0985. The topological polar surface area (TPSA) is 83.6 Å². The van der Waals surface area contributed by atoms with E-state index in [-0.39, 0.29) is 17.7 Å². The average Bonchev–Trinajstić information content (AvgIpc) is 2.79. The number of hydrogen-bond donors (Lipinski definition) is 2. The normalized spacial score (nSPS) is 14.2. The van der Waals surface area contributed by atoms with Crippen LogP contribution in [0.2, 0.25) is 5.02 Å². The highest BCUT2D eigenvalue weighted by molar-refractivity contribution is 6.32. The van der Waals surface area contributed by atoms with Crippen molar-refractivity contribution in [1.82, 2.24) is 4.98 Å². The van der Waals surface area contributed by atoms with Crippen LogP contribution in [0.15, 0.2) is 42.5 Å². The fourth-order valence-electron chi connectivity index (χ4n) is 4.18. The van der Waals surface area contributed by atoms with Crippen LogP contribution >= 0.6 is 11.6 Å². The third-order valence-corrected chi connectivity index (χ3v) is 6.23. The van der Waals surface area contributed by atoms with Crippen molar-refractivity contribution in [3.05, 3.63) is 53.1 Å². The fraction of sp³-hybridized carbons (Fsp3) is 0.320. The van der Waals surface area contributed by atoms with Crippen LogP contribution in [0.1, 0.15) is 25.3 Å². The van der Waals surface area contributed by atoms with Crippen molar-refractivity contribution >= 4 is 51.5 Å². The van der Waals surface area contributed by atoms with Crippen LogP contribution in [-0.2, 0) is 9.59 Å². The maximum atomic E-state index is 12.8. The van der Waals surface area contributed by atoms with Crippen LogP contribution < -0.4 is 20.3 Å². The molecule has 1 fully saturated rings. The van der Waals surface area contributed by atoms with Crippen molar-refractivity contribution in [2.45, 2.75) is 26.7 Å². The number of carbonyl (C=O) groups is 2. The lowest BCUT2D eigenvalue weighted by Gasteiger charge is -2.32. The van der Waals surface area contributed by atoms with E-state index in [0.29, 0.717) is 16.5 Å². The summed E-state index contributed by atoms with van der Waals surface area (Å²) in [6, 6.07) is 13.0. The molecule has 1 aromatic heterocycles. The van der Waals surface area contributed by atoms with Gasteiger partial charge in [-0.2, -0.15) is 0 Å². The highest BCUT2D eigenvalue weighted by Gasteiger charge is 2.26. The van der Waals surface area contributed by atoms with Crippen LogP contribution in [0.3, 0.4) is 0 Å². The van der Waals surface area contributed by atoms with Crippen LogP contribution in [0.4, 0.5) is 17.2 Å². The maximum absolute atomic E-state index is 12.8. The molecule has 2 heterocycles. The number of piperidine rings is 1. The lowest BCUT2D eigenvalue weighted by Crippen LogP contribution is -2.38. The number of hydrogen-bond acceptors (Lipinski definition) is 5. The summed E-state index contributed by atoms with van der Waals surface area (Å²) in [5, 5.41) is 7.26. The summed E-state index contributed by atoms with van der Waals surface area (Å²) >= 11 is 6.16. The van der Waals surface area contributed by atoms with Gasteiger partial charge in [0, 0.05) is 42.7 Å². The second kappa shape index (κ2) is 9.67. The Hall–Kier alpha value is -3.32.